The molecule has 0 saturated heterocycles. The number of aromatic nitrogens is 2. The number of para-hydroxylation sites is 4. The third-order valence-corrected chi connectivity index (χ3v) is 14.5. The van der Waals surface area contributed by atoms with Crippen LogP contribution in [0.4, 0.5) is 0 Å². The van der Waals surface area contributed by atoms with Crippen molar-refractivity contribution >= 4 is 43.6 Å². The van der Waals surface area contributed by atoms with Crippen LogP contribution in [0.25, 0.3) is 66.1 Å². The second-order valence-electron chi connectivity index (χ2n) is 14.0. The quantitative estimate of drug-likeness (QED) is 0.156. The van der Waals surface area contributed by atoms with Crippen LogP contribution in [0, 0.1) is 7.14 Å². The van der Waals surface area contributed by atoms with Crippen LogP contribution in [-0.4, -0.2) is 9.13 Å². The van der Waals surface area contributed by atoms with Gasteiger partial charge in [-0.1, -0.05) is 0 Å². The van der Waals surface area contributed by atoms with Gasteiger partial charge < -0.3 is 0 Å². The maximum atomic E-state index is 2.59. The first-order chi connectivity index (χ1) is 25.8. The molecule has 8 aromatic carbocycles. The van der Waals surface area contributed by atoms with E-state index < -0.39 is 26.6 Å². The molecule has 2 aromatic heterocycles. The van der Waals surface area contributed by atoms with E-state index in [2.05, 4.69) is 191 Å². The van der Waals surface area contributed by atoms with E-state index in [4.69, 9.17) is 0 Å². The molecule has 3 heteroatoms. The first-order valence-electron chi connectivity index (χ1n) is 17.9. The first-order valence-corrected chi connectivity index (χ1v) is 20.1. The molecule has 0 fully saturated rings. The Hall–Kier alpha value is -5.91. The van der Waals surface area contributed by atoms with Gasteiger partial charge in [0.15, 0.2) is 0 Å². The monoisotopic (exact) mass is 773 g/mol. The van der Waals surface area contributed by atoms with Crippen LogP contribution in [-0.2, 0) is 5.41 Å². The standard InChI is InChI=1S/C49H30IN2/c1-2-13-31(14-3-1)32-25-27-33(28-26-32)51-44-22-9-5-16-35(44)37-29-41-43(30-47(37)51)50-42-21-8-6-18-38(42)49(41)39-19-7-11-24-46(39)52-45-23-10-4-15-34(45)36-17-12-20-40(49)48(36)52/h1-30H/q-1. The fraction of sp³-hybridized carbons (Fsp3) is 0.0204. The first kappa shape index (κ1) is 28.8. The van der Waals surface area contributed by atoms with E-state index in [0.717, 1.165) is 0 Å². The predicted molar refractivity (Wildman–Crippen MR) is 210 cm³/mol. The van der Waals surface area contributed by atoms with Crippen molar-refractivity contribution in [2.45, 2.75) is 5.41 Å². The molecule has 0 radical (unpaired) electrons. The number of fused-ring (bicyclic) bond motifs is 14. The molecular weight excluding hydrogens is 743 g/mol. The SMILES string of the molecule is c1ccc(-c2ccc(-n3c4ccccc4c4cc5c(cc43)[I-]c3ccccc3C53c4ccccc4-n4c5ccccc5c5cccc3c54)cc2)cc1. The summed E-state index contributed by atoms with van der Waals surface area (Å²) >= 11 is -0.460. The summed E-state index contributed by atoms with van der Waals surface area (Å²) in [7, 11) is 0. The molecule has 1 atom stereocenters. The molecule has 1 unspecified atom stereocenters. The molecule has 0 N–H and O–H groups in total. The van der Waals surface area contributed by atoms with Crippen LogP contribution >= 0.6 is 0 Å². The molecule has 10 aromatic rings. The zero-order chi connectivity index (χ0) is 34.0. The summed E-state index contributed by atoms with van der Waals surface area (Å²) in [5, 5.41) is 5.22. The predicted octanol–water partition coefficient (Wildman–Crippen LogP) is 8.69. The topological polar surface area (TPSA) is 9.86 Å². The number of hydrogen-bond acceptors (Lipinski definition) is 0. The Morgan fingerprint density at radius 2 is 0.981 bits per heavy atom. The fourth-order valence-electron chi connectivity index (χ4n) is 9.45. The molecule has 244 valence electrons. The Morgan fingerprint density at radius 3 is 1.81 bits per heavy atom. The van der Waals surface area contributed by atoms with Crippen LogP contribution in [0.3, 0.4) is 0 Å². The zero-order valence-electron chi connectivity index (χ0n) is 28.1. The molecule has 2 aliphatic heterocycles. The van der Waals surface area contributed by atoms with E-state index in [9.17, 15) is 0 Å². The summed E-state index contributed by atoms with van der Waals surface area (Å²) < 4.78 is 8.02. The van der Waals surface area contributed by atoms with Crippen molar-refractivity contribution in [3.05, 3.63) is 211 Å². The molecule has 1 spiro atoms. The molecule has 0 bridgehead atoms. The third kappa shape index (κ3) is 3.63. The molecule has 4 heterocycles. The Balaban J connectivity index is 1.20. The van der Waals surface area contributed by atoms with E-state index in [0.29, 0.717) is 0 Å². The average Bonchev–Trinajstić information content (AvgIpc) is 3.72. The van der Waals surface area contributed by atoms with Crippen molar-refractivity contribution in [1.29, 1.82) is 0 Å². The van der Waals surface area contributed by atoms with Gasteiger partial charge in [-0.3, -0.25) is 0 Å². The summed E-state index contributed by atoms with van der Waals surface area (Å²) in [6, 6.07) is 68.4. The normalized spacial score (nSPS) is 15.8. The molecule has 0 aliphatic carbocycles. The van der Waals surface area contributed by atoms with Crippen molar-refractivity contribution in [3.63, 3.8) is 0 Å². The summed E-state index contributed by atoms with van der Waals surface area (Å²) in [6.07, 6.45) is 0. The second-order valence-corrected chi connectivity index (χ2v) is 16.9. The molecule has 52 heavy (non-hydrogen) atoms. The molecule has 12 rings (SSSR count). The summed E-state index contributed by atoms with van der Waals surface area (Å²) in [5.41, 5.74) is 15.2. The average molecular weight is 774 g/mol. The van der Waals surface area contributed by atoms with Gasteiger partial charge in [0.05, 0.1) is 0 Å². The van der Waals surface area contributed by atoms with Gasteiger partial charge in [-0.05, 0) is 0 Å². The Kier molecular flexibility index (Phi) is 5.84. The Labute approximate surface area is 311 Å². The van der Waals surface area contributed by atoms with Gasteiger partial charge in [-0.25, -0.2) is 0 Å². The number of hydrogen-bond donors (Lipinski definition) is 0. The number of nitrogens with zero attached hydrogens (tertiary/aromatic N) is 2. The van der Waals surface area contributed by atoms with E-state index in [1.165, 1.54) is 95.5 Å². The van der Waals surface area contributed by atoms with Crippen LogP contribution in [0.2, 0.25) is 0 Å². The Bertz CT molecular complexity index is 3090. The number of rotatable bonds is 2. The third-order valence-electron chi connectivity index (χ3n) is 11.5. The van der Waals surface area contributed by atoms with E-state index >= 15 is 0 Å². The fourth-order valence-corrected chi connectivity index (χ4v) is 12.6. The summed E-state index contributed by atoms with van der Waals surface area (Å²) in [6.45, 7) is 0. The second kappa shape index (κ2) is 10.6. The molecule has 2 nitrogen and oxygen atoms in total. The van der Waals surface area contributed by atoms with Gasteiger partial charge in [0.25, 0.3) is 0 Å². The van der Waals surface area contributed by atoms with Crippen molar-refractivity contribution in [2.75, 3.05) is 0 Å². The van der Waals surface area contributed by atoms with Crippen molar-refractivity contribution < 1.29 is 21.2 Å². The zero-order valence-corrected chi connectivity index (χ0v) is 30.3. The van der Waals surface area contributed by atoms with Crippen LogP contribution in [0.15, 0.2) is 182 Å². The van der Waals surface area contributed by atoms with Crippen molar-refractivity contribution in [1.82, 2.24) is 9.13 Å². The minimum atomic E-state index is -0.460. The number of benzene rings is 8. The van der Waals surface area contributed by atoms with Crippen LogP contribution in [0.5, 0.6) is 0 Å². The molecule has 0 saturated carbocycles. The number of halogens is 1. The van der Waals surface area contributed by atoms with Gasteiger partial charge in [0.1, 0.15) is 0 Å². The van der Waals surface area contributed by atoms with Gasteiger partial charge in [-0.2, -0.15) is 0 Å². The van der Waals surface area contributed by atoms with Gasteiger partial charge in [0, 0.05) is 0 Å². The van der Waals surface area contributed by atoms with E-state index in [-0.39, 0.29) is 0 Å². The maximum absolute atomic E-state index is 2.59. The summed E-state index contributed by atoms with van der Waals surface area (Å²) in [5.74, 6) is 0. The Morgan fingerprint density at radius 1 is 0.365 bits per heavy atom. The van der Waals surface area contributed by atoms with Crippen molar-refractivity contribution in [2.24, 2.45) is 0 Å². The minimum absolute atomic E-state index is 0.459. The molecular formula is C49H30IN2-. The van der Waals surface area contributed by atoms with Gasteiger partial charge in [-0.15, -0.1) is 0 Å². The summed E-state index contributed by atoms with van der Waals surface area (Å²) in [4.78, 5) is 0. The molecule has 2 aliphatic rings. The van der Waals surface area contributed by atoms with Gasteiger partial charge in [0.2, 0.25) is 0 Å². The van der Waals surface area contributed by atoms with Gasteiger partial charge >= 0.3 is 313 Å². The van der Waals surface area contributed by atoms with E-state index in [1.54, 1.807) is 0 Å². The van der Waals surface area contributed by atoms with Crippen LogP contribution < -0.4 is 21.2 Å². The van der Waals surface area contributed by atoms with Crippen LogP contribution in [0.1, 0.15) is 22.3 Å². The van der Waals surface area contributed by atoms with E-state index in [1.807, 2.05) is 0 Å². The molecule has 0 amide bonds. The van der Waals surface area contributed by atoms with Crippen molar-refractivity contribution in [3.8, 4) is 22.5 Å².